The molecule has 0 spiro atoms. The van der Waals surface area contributed by atoms with E-state index in [-0.39, 0.29) is 6.42 Å². The Bertz CT molecular complexity index is 768. The Morgan fingerprint density at radius 3 is 1.81 bits per heavy atom. The van der Waals surface area contributed by atoms with E-state index in [0.29, 0.717) is 5.56 Å². The molecule has 0 aliphatic rings. The summed E-state index contributed by atoms with van der Waals surface area (Å²) in [6.07, 6.45) is -2.68. The zero-order valence-electron chi connectivity index (χ0n) is 17.6. The van der Waals surface area contributed by atoms with Crippen LogP contribution in [-0.2, 0) is 25.6 Å². The summed E-state index contributed by atoms with van der Waals surface area (Å²) in [4.78, 5) is 48.7. The van der Waals surface area contributed by atoms with Crippen molar-refractivity contribution < 1.29 is 34.5 Å². The summed E-state index contributed by atoms with van der Waals surface area (Å²) in [5, 5.41) is 35.7. The van der Waals surface area contributed by atoms with Crippen molar-refractivity contribution in [3.63, 3.8) is 0 Å². The fourth-order valence-electron chi connectivity index (χ4n) is 2.65. The zero-order chi connectivity index (χ0) is 23.7. The molecule has 1 aromatic carbocycles. The van der Waals surface area contributed by atoms with Crippen LogP contribution in [0.2, 0.25) is 0 Å². The SMILES string of the molecule is CC(N)C(=O)NC(C(=O)NC(Cc1ccccc1)C(=O)NC(C(=O)O)C(C)O)C(C)O. The van der Waals surface area contributed by atoms with Gasteiger partial charge < -0.3 is 37.0 Å². The lowest BCUT2D eigenvalue weighted by molar-refractivity contribution is -0.145. The van der Waals surface area contributed by atoms with Crippen LogP contribution >= 0.6 is 0 Å². The van der Waals surface area contributed by atoms with Crippen LogP contribution in [0.3, 0.4) is 0 Å². The summed E-state index contributed by atoms with van der Waals surface area (Å²) in [5.74, 6) is -3.83. The Kier molecular flexibility index (Phi) is 10.1. The topological polar surface area (TPSA) is 191 Å². The number of carbonyl (C=O) groups excluding carboxylic acids is 3. The molecular formula is C20H30N4O7. The van der Waals surface area contributed by atoms with Crippen molar-refractivity contribution in [3.8, 4) is 0 Å². The Labute approximate surface area is 180 Å². The second-order valence-corrected chi connectivity index (χ2v) is 7.33. The van der Waals surface area contributed by atoms with Gasteiger partial charge in [0.25, 0.3) is 0 Å². The molecule has 172 valence electrons. The van der Waals surface area contributed by atoms with Gasteiger partial charge in [0, 0.05) is 6.42 Å². The van der Waals surface area contributed by atoms with Crippen LogP contribution in [0.1, 0.15) is 26.3 Å². The number of aliphatic carboxylic acids is 1. The molecule has 8 N–H and O–H groups in total. The first-order chi connectivity index (χ1) is 14.4. The number of carbonyl (C=O) groups is 4. The van der Waals surface area contributed by atoms with Crippen molar-refractivity contribution in [2.45, 2.75) is 63.6 Å². The first kappa shape index (κ1) is 26.0. The van der Waals surface area contributed by atoms with Crippen LogP contribution in [0.25, 0.3) is 0 Å². The van der Waals surface area contributed by atoms with Crippen molar-refractivity contribution in [3.05, 3.63) is 35.9 Å². The largest absolute Gasteiger partial charge is 0.480 e. The first-order valence-electron chi connectivity index (χ1n) is 9.73. The smallest absolute Gasteiger partial charge is 0.328 e. The van der Waals surface area contributed by atoms with Crippen LogP contribution in [0.4, 0.5) is 0 Å². The highest BCUT2D eigenvalue weighted by Gasteiger charge is 2.33. The van der Waals surface area contributed by atoms with Crippen LogP contribution in [-0.4, -0.2) is 75.4 Å². The molecule has 0 aliphatic carbocycles. The van der Waals surface area contributed by atoms with Gasteiger partial charge in [0.2, 0.25) is 17.7 Å². The van der Waals surface area contributed by atoms with Gasteiger partial charge in [0.15, 0.2) is 6.04 Å². The van der Waals surface area contributed by atoms with Crippen LogP contribution in [0, 0.1) is 0 Å². The van der Waals surface area contributed by atoms with Crippen molar-refractivity contribution in [2.75, 3.05) is 0 Å². The van der Waals surface area contributed by atoms with Crippen LogP contribution < -0.4 is 21.7 Å². The molecule has 3 amide bonds. The summed E-state index contributed by atoms with van der Waals surface area (Å²) in [6.45, 7) is 3.89. The quantitative estimate of drug-likeness (QED) is 0.204. The number of hydrogen-bond acceptors (Lipinski definition) is 7. The predicted octanol–water partition coefficient (Wildman–Crippen LogP) is -2.12. The molecule has 11 heteroatoms. The first-order valence-corrected chi connectivity index (χ1v) is 9.73. The van der Waals surface area contributed by atoms with Crippen molar-refractivity contribution in [1.29, 1.82) is 0 Å². The van der Waals surface area contributed by atoms with E-state index >= 15 is 0 Å². The van der Waals surface area contributed by atoms with Gasteiger partial charge >= 0.3 is 5.97 Å². The molecule has 1 rings (SSSR count). The molecule has 1 aromatic rings. The van der Waals surface area contributed by atoms with Crippen molar-refractivity contribution in [1.82, 2.24) is 16.0 Å². The third kappa shape index (κ3) is 8.32. The van der Waals surface area contributed by atoms with Gasteiger partial charge in [-0.05, 0) is 26.3 Å². The number of aliphatic hydroxyl groups excluding tert-OH is 2. The van der Waals surface area contributed by atoms with E-state index < -0.39 is 60.1 Å². The predicted molar refractivity (Wildman–Crippen MR) is 111 cm³/mol. The summed E-state index contributed by atoms with van der Waals surface area (Å²) < 4.78 is 0. The minimum Gasteiger partial charge on any atom is -0.480 e. The van der Waals surface area contributed by atoms with Gasteiger partial charge in [-0.15, -0.1) is 0 Å². The van der Waals surface area contributed by atoms with E-state index in [1.54, 1.807) is 30.3 Å². The fraction of sp³-hybridized carbons (Fsp3) is 0.500. The molecule has 6 unspecified atom stereocenters. The molecule has 0 bridgehead atoms. The molecule has 0 aromatic heterocycles. The molecule has 6 atom stereocenters. The third-order valence-corrected chi connectivity index (χ3v) is 4.44. The molecule has 0 fully saturated rings. The maximum absolute atomic E-state index is 12.8. The van der Waals surface area contributed by atoms with Gasteiger partial charge in [-0.1, -0.05) is 30.3 Å². The van der Waals surface area contributed by atoms with Crippen molar-refractivity contribution >= 4 is 23.7 Å². The monoisotopic (exact) mass is 438 g/mol. The minimum atomic E-state index is -1.59. The third-order valence-electron chi connectivity index (χ3n) is 4.44. The molecule has 0 radical (unpaired) electrons. The lowest BCUT2D eigenvalue weighted by atomic mass is 10.0. The van der Waals surface area contributed by atoms with E-state index in [9.17, 15) is 34.5 Å². The standard InChI is InChI=1S/C20H30N4O7/c1-10(21)17(27)23-15(11(2)25)19(29)22-14(9-13-7-5-4-6-8-13)18(28)24-16(12(3)26)20(30)31/h4-8,10-12,14-16,25-26H,9,21H2,1-3H3,(H,22,29)(H,23,27)(H,24,28)(H,30,31). The second-order valence-electron chi connectivity index (χ2n) is 7.33. The summed E-state index contributed by atoms with van der Waals surface area (Å²) in [6, 6.07) is 3.47. The molecule has 11 nitrogen and oxygen atoms in total. The number of amides is 3. The summed E-state index contributed by atoms with van der Waals surface area (Å²) >= 11 is 0. The van der Waals surface area contributed by atoms with E-state index in [0.717, 1.165) is 0 Å². The van der Waals surface area contributed by atoms with Gasteiger partial charge in [-0.2, -0.15) is 0 Å². The van der Waals surface area contributed by atoms with Gasteiger partial charge in [-0.25, -0.2) is 4.79 Å². The van der Waals surface area contributed by atoms with E-state index in [4.69, 9.17) is 5.73 Å². The highest BCUT2D eigenvalue weighted by Crippen LogP contribution is 2.06. The Balaban J connectivity index is 3.09. The van der Waals surface area contributed by atoms with Gasteiger partial charge in [0.05, 0.1) is 18.2 Å². The van der Waals surface area contributed by atoms with E-state index in [1.165, 1.54) is 20.8 Å². The number of nitrogens with two attached hydrogens (primary N) is 1. The lowest BCUT2D eigenvalue weighted by Gasteiger charge is -2.26. The maximum atomic E-state index is 12.8. The Hall–Kier alpha value is -3.02. The number of benzene rings is 1. The number of carboxylic acids is 1. The number of aliphatic hydroxyl groups is 2. The normalized spacial score (nSPS) is 16.7. The lowest BCUT2D eigenvalue weighted by Crippen LogP contribution is -2.60. The number of hydrogen-bond donors (Lipinski definition) is 7. The zero-order valence-corrected chi connectivity index (χ0v) is 17.6. The van der Waals surface area contributed by atoms with Crippen LogP contribution in [0.15, 0.2) is 30.3 Å². The fourth-order valence-corrected chi connectivity index (χ4v) is 2.65. The number of nitrogens with one attached hydrogen (secondary N) is 3. The Morgan fingerprint density at radius 1 is 0.839 bits per heavy atom. The molecule has 0 saturated carbocycles. The van der Waals surface area contributed by atoms with Gasteiger partial charge in [0.1, 0.15) is 12.1 Å². The summed E-state index contributed by atoms with van der Waals surface area (Å²) in [5.41, 5.74) is 6.15. The highest BCUT2D eigenvalue weighted by molar-refractivity contribution is 5.94. The van der Waals surface area contributed by atoms with Crippen molar-refractivity contribution in [2.24, 2.45) is 5.73 Å². The number of rotatable bonds is 11. The second kappa shape index (κ2) is 12.0. The average molecular weight is 438 g/mol. The molecular weight excluding hydrogens is 408 g/mol. The molecule has 31 heavy (non-hydrogen) atoms. The van der Waals surface area contributed by atoms with E-state index in [2.05, 4.69) is 16.0 Å². The average Bonchev–Trinajstić information content (AvgIpc) is 2.68. The van der Waals surface area contributed by atoms with E-state index in [1.807, 2.05) is 0 Å². The van der Waals surface area contributed by atoms with Gasteiger partial charge in [-0.3, -0.25) is 14.4 Å². The van der Waals surface area contributed by atoms with Crippen LogP contribution in [0.5, 0.6) is 0 Å². The maximum Gasteiger partial charge on any atom is 0.328 e. The Morgan fingerprint density at radius 2 is 1.35 bits per heavy atom. The highest BCUT2D eigenvalue weighted by atomic mass is 16.4. The molecule has 0 aliphatic heterocycles. The molecule has 0 saturated heterocycles. The summed E-state index contributed by atoms with van der Waals surface area (Å²) in [7, 11) is 0. The molecule has 0 heterocycles. The number of carboxylic acid groups (broad SMARTS) is 1. The minimum absolute atomic E-state index is 0.00166.